The summed E-state index contributed by atoms with van der Waals surface area (Å²) in [4.78, 5) is 0. The number of fused-ring (bicyclic) bond motifs is 3. The summed E-state index contributed by atoms with van der Waals surface area (Å²) in [6, 6.07) is 22.0. The van der Waals surface area contributed by atoms with Crippen LogP contribution >= 0.6 is 0 Å². The number of nitrogens with two attached hydrogens (primary N) is 1. The van der Waals surface area contributed by atoms with Gasteiger partial charge in [0.15, 0.2) is 0 Å². The fraction of sp³-hybridized carbons (Fsp3) is 0.136. The van der Waals surface area contributed by atoms with Crippen LogP contribution in [0.2, 0.25) is 0 Å². The van der Waals surface area contributed by atoms with E-state index >= 15 is 0 Å². The molecule has 3 aromatic carbocycles. The van der Waals surface area contributed by atoms with Crippen molar-refractivity contribution < 1.29 is 9.47 Å². The molecule has 4 heteroatoms. The highest BCUT2D eigenvalue weighted by atomic mass is 16.5. The largest absolute Gasteiger partial charge is 0.494 e. The third-order valence-electron chi connectivity index (χ3n) is 4.64. The zero-order valence-corrected chi connectivity index (χ0v) is 14.4. The summed E-state index contributed by atoms with van der Waals surface area (Å²) < 4.78 is 11.6. The highest BCUT2D eigenvalue weighted by Gasteiger charge is 2.33. The van der Waals surface area contributed by atoms with Gasteiger partial charge in [-0.3, -0.25) is 0 Å². The van der Waals surface area contributed by atoms with Gasteiger partial charge in [-0.1, -0.05) is 48.5 Å². The number of benzene rings is 3. The molecule has 0 spiro atoms. The van der Waals surface area contributed by atoms with Crippen LogP contribution in [0.3, 0.4) is 0 Å². The van der Waals surface area contributed by atoms with E-state index in [2.05, 4.69) is 12.1 Å². The highest BCUT2D eigenvalue weighted by molar-refractivity contribution is 5.90. The van der Waals surface area contributed by atoms with Gasteiger partial charge < -0.3 is 15.2 Å². The van der Waals surface area contributed by atoms with Crippen molar-refractivity contribution in [2.75, 3.05) is 6.61 Å². The van der Waals surface area contributed by atoms with Crippen molar-refractivity contribution in [3.63, 3.8) is 0 Å². The van der Waals surface area contributed by atoms with E-state index in [1.165, 1.54) is 0 Å². The van der Waals surface area contributed by atoms with Crippen molar-refractivity contribution in [3.8, 4) is 17.6 Å². The topological polar surface area (TPSA) is 68.3 Å². The van der Waals surface area contributed by atoms with Gasteiger partial charge in [0, 0.05) is 11.1 Å². The molecule has 0 aromatic heterocycles. The van der Waals surface area contributed by atoms with Crippen molar-refractivity contribution in [1.29, 1.82) is 5.26 Å². The molecule has 4 rings (SSSR count). The maximum absolute atomic E-state index is 9.80. The van der Waals surface area contributed by atoms with Crippen LogP contribution in [0.15, 0.2) is 72.1 Å². The highest BCUT2D eigenvalue weighted by Crippen LogP contribution is 2.47. The maximum atomic E-state index is 9.80. The van der Waals surface area contributed by atoms with E-state index in [4.69, 9.17) is 15.2 Å². The van der Waals surface area contributed by atoms with Gasteiger partial charge in [0.05, 0.1) is 12.5 Å². The molecule has 2 N–H and O–H groups in total. The Labute approximate surface area is 152 Å². The molecule has 3 aromatic rings. The summed E-state index contributed by atoms with van der Waals surface area (Å²) in [5, 5.41) is 11.9. The van der Waals surface area contributed by atoms with Crippen LogP contribution in [0.1, 0.15) is 24.0 Å². The Morgan fingerprint density at radius 3 is 2.65 bits per heavy atom. The van der Waals surface area contributed by atoms with Gasteiger partial charge in [-0.05, 0) is 29.8 Å². The van der Waals surface area contributed by atoms with Gasteiger partial charge in [-0.15, -0.1) is 0 Å². The van der Waals surface area contributed by atoms with Gasteiger partial charge >= 0.3 is 0 Å². The minimum absolute atomic E-state index is 0.145. The third-order valence-corrected chi connectivity index (χ3v) is 4.64. The van der Waals surface area contributed by atoms with Crippen LogP contribution in [0.4, 0.5) is 0 Å². The Balaban J connectivity index is 2.05. The predicted octanol–water partition coefficient (Wildman–Crippen LogP) is 4.46. The first-order valence-electron chi connectivity index (χ1n) is 8.55. The molecule has 1 aliphatic heterocycles. The normalized spacial score (nSPS) is 15.9. The maximum Gasteiger partial charge on any atom is 0.205 e. The minimum Gasteiger partial charge on any atom is -0.494 e. The Bertz CT molecular complexity index is 1060. The minimum atomic E-state index is -0.336. The average molecular weight is 342 g/mol. The number of para-hydroxylation sites is 1. The summed E-state index contributed by atoms with van der Waals surface area (Å²) in [5.74, 6) is 1.24. The lowest BCUT2D eigenvalue weighted by Crippen LogP contribution is -2.21. The lowest BCUT2D eigenvalue weighted by atomic mass is 9.81. The number of hydrogen-bond acceptors (Lipinski definition) is 4. The molecule has 0 saturated carbocycles. The molecule has 26 heavy (non-hydrogen) atoms. The Hall–Kier alpha value is -3.45. The van der Waals surface area contributed by atoms with Crippen LogP contribution in [0.25, 0.3) is 10.8 Å². The van der Waals surface area contributed by atoms with E-state index in [9.17, 15) is 5.26 Å². The molecule has 0 saturated heterocycles. The molecule has 128 valence electrons. The van der Waals surface area contributed by atoms with E-state index in [1.807, 2.05) is 61.5 Å². The molecular weight excluding hydrogens is 324 g/mol. The average Bonchev–Trinajstić information content (AvgIpc) is 2.67. The summed E-state index contributed by atoms with van der Waals surface area (Å²) >= 11 is 0. The number of nitrogens with zero attached hydrogens (tertiary/aromatic N) is 1. The van der Waals surface area contributed by atoms with E-state index in [0.717, 1.165) is 27.6 Å². The van der Waals surface area contributed by atoms with Gasteiger partial charge in [0.1, 0.15) is 23.1 Å². The van der Waals surface area contributed by atoms with Crippen LogP contribution in [0.5, 0.6) is 11.5 Å². The fourth-order valence-corrected chi connectivity index (χ4v) is 3.56. The first-order valence-corrected chi connectivity index (χ1v) is 8.55. The summed E-state index contributed by atoms with van der Waals surface area (Å²) in [6.07, 6.45) is 0. The third kappa shape index (κ3) is 2.46. The first kappa shape index (κ1) is 16.0. The second-order valence-corrected chi connectivity index (χ2v) is 6.09. The molecule has 1 heterocycles. The second kappa shape index (κ2) is 6.45. The molecule has 0 fully saturated rings. The van der Waals surface area contributed by atoms with Crippen molar-refractivity contribution in [3.05, 3.63) is 83.2 Å². The zero-order valence-electron chi connectivity index (χ0n) is 14.4. The molecule has 1 aliphatic rings. The van der Waals surface area contributed by atoms with E-state index in [1.54, 1.807) is 0 Å². The first-order chi connectivity index (χ1) is 12.7. The Morgan fingerprint density at radius 2 is 1.85 bits per heavy atom. The molecule has 4 nitrogen and oxygen atoms in total. The predicted molar refractivity (Wildman–Crippen MR) is 101 cm³/mol. The fourth-order valence-electron chi connectivity index (χ4n) is 3.56. The molecule has 1 atom stereocenters. The Morgan fingerprint density at radius 1 is 1.08 bits per heavy atom. The van der Waals surface area contributed by atoms with Crippen molar-refractivity contribution in [1.82, 2.24) is 0 Å². The van der Waals surface area contributed by atoms with E-state index in [-0.39, 0.29) is 11.8 Å². The number of ether oxygens (including phenoxy) is 2. The lowest BCUT2D eigenvalue weighted by molar-refractivity contribution is 0.334. The number of allylic oxidation sites excluding steroid dienone is 1. The van der Waals surface area contributed by atoms with Gasteiger partial charge in [-0.2, -0.15) is 5.26 Å². The molecular formula is C22H18N2O2. The van der Waals surface area contributed by atoms with E-state index in [0.29, 0.717) is 17.9 Å². The number of rotatable bonds is 3. The summed E-state index contributed by atoms with van der Waals surface area (Å²) in [6.45, 7) is 2.49. The van der Waals surface area contributed by atoms with Crippen LogP contribution in [0, 0.1) is 11.3 Å². The van der Waals surface area contributed by atoms with Crippen molar-refractivity contribution >= 4 is 10.8 Å². The SMILES string of the molecule is CCOc1ccccc1[C@H]1C(C#N)=C(N)Oc2ccc3ccccc3c21. The summed E-state index contributed by atoms with van der Waals surface area (Å²) in [7, 11) is 0. The van der Waals surface area contributed by atoms with Gasteiger partial charge in [0.25, 0.3) is 0 Å². The van der Waals surface area contributed by atoms with Crippen LogP contribution < -0.4 is 15.2 Å². The number of hydrogen-bond donors (Lipinski definition) is 1. The molecule has 0 aliphatic carbocycles. The smallest absolute Gasteiger partial charge is 0.205 e. The van der Waals surface area contributed by atoms with Crippen molar-refractivity contribution in [2.45, 2.75) is 12.8 Å². The molecule has 0 bridgehead atoms. The standard InChI is InChI=1S/C22H18N2O2/c1-2-25-18-10-6-5-9-16(18)20-17(13-23)22(24)26-19-12-11-14-7-3-4-8-15(14)21(19)20/h3-12,20H,2,24H2,1H3/t20-/m0/s1. The van der Waals surface area contributed by atoms with Crippen LogP contribution in [-0.2, 0) is 0 Å². The van der Waals surface area contributed by atoms with Gasteiger partial charge in [-0.25, -0.2) is 0 Å². The zero-order chi connectivity index (χ0) is 18.1. The summed E-state index contributed by atoms with van der Waals surface area (Å²) in [5.41, 5.74) is 8.36. The second-order valence-electron chi connectivity index (χ2n) is 6.09. The Kier molecular flexibility index (Phi) is 3.98. The van der Waals surface area contributed by atoms with Crippen molar-refractivity contribution in [2.24, 2.45) is 5.73 Å². The molecule has 0 unspecified atom stereocenters. The lowest BCUT2D eigenvalue weighted by Gasteiger charge is -2.28. The van der Waals surface area contributed by atoms with Crippen LogP contribution in [-0.4, -0.2) is 6.61 Å². The molecule has 0 radical (unpaired) electrons. The van der Waals surface area contributed by atoms with E-state index < -0.39 is 0 Å². The molecule has 0 amide bonds. The number of nitriles is 1. The van der Waals surface area contributed by atoms with Gasteiger partial charge in [0.2, 0.25) is 5.88 Å². The quantitative estimate of drug-likeness (QED) is 0.763. The monoisotopic (exact) mass is 342 g/mol.